The second kappa shape index (κ2) is 9.53. The molecule has 1 amide bonds. The van der Waals surface area contributed by atoms with Crippen LogP contribution in [0.15, 0.2) is 97.5 Å². The Balaban J connectivity index is 1.38. The van der Waals surface area contributed by atoms with Gasteiger partial charge in [0.15, 0.2) is 0 Å². The first-order chi connectivity index (χ1) is 17.3. The molecule has 0 radical (unpaired) electrons. The molecule has 0 aliphatic carbocycles. The van der Waals surface area contributed by atoms with Crippen LogP contribution in [-0.4, -0.2) is 26.6 Å². The largest absolute Gasteiger partial charge is 0.409 e. The monoisotopic (exact) mass is 487 g/mol. The number of hydrogen-bond donors (Lipinski definition) is 2. The minimum Gasteiger partial charge on any atom is -0.343 e. The Labute approximate surface area is 204 Å². The molecular formula is C27H20F3N5O. The number of halogens is 3. The van der Waals surface area contributed by atoms with Crippen molar-refractivity contribution in [1.82, 2.24) is 14.5 Å². The number of amides is 1. The highest BCUT2D eigenvalue weighted by Crippen LogP contribution is 2.28. The molecule has 2 aromatic heterocycles. The standard InChI is InChI=1S/C27H20F3N5O/c28-27(29,30)12-10-25(36)33-21-6-8-23-22(15-21)26(32-17-31-23)34-20-7-9-24-19(14-20)11-13-35(24)16-18-4-2-1-3-5-18/h1-15,17H,16H2,(H,33,36)(H,31,32,34)/b12-10+. The van der Waals surface area contributed by atoms with Crippen molar-refractivity contribution in [2.24, 2.45) is 0 Å². The zero-order valence-electron chi connectivity index (χ0n) is 18.8. The number of alkyl halides is 3. The van der Waals surface area contributed by atoms with E-state index in [0.29, 0.717) is 28.5 Å². The lowest BCUT2D eigenvalue weighted by Gasteiger charge is -2.11. The van der Waals surface area contributed by atoms with Gasteiger partial charge in [-0.15, -0.1) is 0 Å². The van der Waals surface area contributed by atoms with E-state index in [2.05, 4.69) is 37.3 Å². The summed E-state index contributed by atoms with van der Waals surface area (Å²) in [7, 11) is 0. The highest BCUT2D eigenvalue weighted by molar-refractivity contribution is 6.02. The van der Waals surface area contributed by atoms with Crippen molar-refractivity contribution in [3.63, 3.8) is 0 Å². The molecule has 0 bridgehead atoms. The van der Waals surface area contributed by atoms with Gasteiger partial charge < -0.3 is 15.2 Å². The van der Waals surface area contributed by atoms with Crippen LogP contribution >= 0.6 is 0 Å². The minimum absolute atomic E-state index is 0.108. The third kappa shape index (κ3) is 5.35. The zero-order chi connectivity index (χ0) is 25.1. The van der Waals surface area contributed by atoms with Crippen molar-refractivity contribution >= 4 is 44.9 Å². The summed E-state index contributed by atoms with van der Waals surface area (Å²) < 4.78 is 39.2. The molecule has 9 heteroatoms. The molecule has 5 rings (SSSR count). The van der Waals surface area contributed by atoms with Gasteiger partial charge in [-0.1, -0.05) is 30.3 Å². The second-order valence-electron chi connectivity index (χ2n) is 8.15. The van der Waals surface area contributed by atoms with Gasteiger partial charge in [-0.25, -0.2) is 9.97 Å². The van der Waals surface area contributed by atoms with E-state index in [1.54, 1.807) is 18.2 Å². The fourth-order valence-electron chi connectivity index (χ4n) is 3.92. The van der Waals surface area contributed by atoms with E-state index in [9.17, 15) is 18.0 Å². The number of anilines is 3. The van der Waals surface area contributed by atoms with Crippen LogP contribution in [0.2, 0.25) is 0 Å². The average molecular weight is 487 g/mol. The van der Waals surface area contributed by atoms with E-state index >= 15 is 0 Å². The summed E-state index contributed by atoms with van der Waals surface area (Å²) in [5.74, 6) is -0.381. The lowest BCUT2D eigenvalue weighted by Crippen LogP contribution is -2.10. The lowest BCUT2D eigenvalue weighted by atomic mass is 10.2. The third-order valence-corrected chi connectivity index (χ3v) is 5.56. The first-order valence-corrected chi connectivity index (χ1v) is 11.1. The Bertz CT molecular complexity index is 1580. The molecule has 3 aromatic carbocycles. The van der Waals surface area contributed by atoms with Crippen molar-refractivity contribution in [3.8, 4) is 0 Å². The molecule has 0 saturated heterocycles. The SMILES string of the molecule is O=C(/C=C/C(F)(F)F)Nc1ccc2ncnc(Nc3ccc4c(ccn4Cc4ccccc4)c3)c2c1. The molecule has 6 nitrogen and oxygen atoms in total. The van der Waals surface area contributed by atoms with E-state index in [1.807, 2.05) is 48.7 Å². The van der Waals surface area contributed by atoms with Gasteiger partial charge in [-0.05, 0) is 48.0 Å². The Morgan fingerprint density at radius 2 is 1.75 bits per heavy atom. The van der Waals surface area contributed by atoms with Crippen LogP contribution in [-0.2, 0) is 11.3 Å². The third-order valence-electron chi connectivity index (χ3n) is 5.56. The summed E-state index contributed by atoms with van der Waals surface area (Å²) in [6.45, 7) is 0.764. The molecule has 180 valence electrons. The fourth-order valence-corrected chi connectivity index (χ4v) is 3.92. The molecule has 36 heavy (non-hydrogen) atoms. The number of nitrogens with one attached hydrogen (secondary N) is 2. The fraction of sp³-hybridized carbons (Fsp3) is 0.0741. The van der Waals surface area contributed by atoms with Crippen molar-refractivity contribution < 1.29 is 18.0 Å². The highest BCUT2D eigenvalue weighted by Gasteiger charge is 2.22. The molecule has 0 aliphatic heterocycles. The van der Waals surface area contributed by atoms with Gasteiger partial charge in [0.2, 0.25) is 5.91 Å². The summed E-state index contributed by atoms with van der Waals surface area (Å²) in [4.78, 5) is 20.4. The van der Waals surface area contributed by atoms with Gasteiger partial charge in [0.25, 0.3) is 0 Å². The van der Waals surface area contributed by atoms with Gasteiger partial charge in [-0.2, -0.15) is 13.2 Å². The number of carbonyl (C=O) groups excluding carboxylic acids is 1. The molecule has 0 atom stereocenters. The van der Waals surface area contributed by atoms with Crippen LogP contribution in [0.5, 0.6) is 0 Å². The predicted octanol–water partition coefficient (Wildman–Crippen LogP) is 6.43. The van der Waals surface area contributed by atoms with Crippen LogP contribution < -0.4 is 10.6 Å². The van der Waals surface area contributed by atoms with Crippen molar-refractivity contribution in [2.45, 2.75) is 12.7 Å². The highest BCUT2D eigenvalue weighted by atomic mass is 19.4. The predicted molar refractivity (Wildman–Crippen MR) is 134 cm³/mol. The Kier molecular flexibility index (Phi) is 6.12. The van der Waals surface area contributed by atoms with E-state index in [0.717, 1.165) is 23.1 Å². The van der Waals surface area contributed by atoms with Crippen molar-refractivity contribution in [3.05, 3.63) is 103 Å². The summed E-state index contributed by atoms with van der Waals surface area (Å²) in [6, 6.07) is 23.1. The molecule has 2 N–H and O–H groups in total. The maximum absolute atomic E-state index is 12.3. The topological polar surface area (TPSA) is 71.8 Å². The second-order valence-corrected chi connectivity index (χ2v) is 8.15. The van der Waals surface area contributed by atoms with Crippen LogP contribution in [0.4, 0.5) is 30.4 Å². The average Bonchev–Trinajstić information content (AvgIpc) is 3.25. The lowest BCUT2D eigenvalue weighted by molar-refractivity contribution is -0.112. The van der Waals surface area contributed by atoms with Gasteiger partial charge >= 0.3 is 6.18 Å². The van der Waals surface area contributed by atoms with E-state index in [-0.39, 0.29) is 6.08 Å². The first-order valence-electron chi connectivity index (χ1n) is 11.1. The maximum atomic E-state index is 12.3. The van der Waals surface area contributed by atoms with Gasteiger partial charge in [0, 0.05) is 52.6 Å². The van der Waals surface area contributed by atoms with Crippen LogP contribution in [0.1, 0.15) is 5.56 Å². The van der Waals surface area contributed by atoms with E-state index < -0.39 is 12.1 Å². The van der Waals surface area contributed by atoms with Crippen LogP contribution in [0.25, 0.3) is 21.8 Å². The van der Waals surface area contributed by atoms with E-state index in [1.165, 1.54) is 11.9 Å². The normalized spacial score (nSPS) is 11.9. The number of rotatable bonds is 6. The minimum atomic E-state index is -4.56. The van der Waals surface area contributed by atoms with Crippen molar-refractivity contribution in [2.75, 3.05) is 10.6 Å². The molecular weight excluding hydrogens is 467 g/mol. The smallest absolute Gasteiger partial charge is 0.343 e. The molecule has 5 aromatic rings. The summed E-state index contributed by atoms with van der Waals surface area (Å²) >= 11 is 0. The molecule has 0 saturated carbocycles. The summed E-state index contributed by atoms with van der Waals surface area (Å²) in [6.07, 6.45) is -0.754. The number of allylic oxidation sites excluding steroid dienone is 1. The summed E-state index contributed by atoms with van der Waals surface area (Å²) in [5, 5.41) is 7.38. The zero-order valence-corrected chi connectivity index (χ0v) is 18.8. The van der Waals surface area contributed by atoms with Gasteiger partial charge in [0.1, 0.15) is 12.1 Å². The number of aromatic nitrogens is 3. The molecule has 0 unspecified atom stereocenters. The Morgan fingerprint density at radius 3 is 2.56 bits per heavy atom. The van der Waals surface area contributed by atoms with Crippen LogP contribution in [0.3, 0.4) is 0 Å². The number of benzene rings is 3. The quantitative estimate of drug-likeness (QED) is 0.271. The number of hydrogen-bond acceptors (Lipinski definition) is 4. The van der Waals surface area contributed by atoms with Crippen molar-refractivity contribution in [1.29, 1.82) is 0 Å². The molecule has 0 fully saturated rings. The van der Waals surface area contributed by atoms with Crippen LogP contribution in [0, 0.1) is 0 Å². The first kappa shape index (κ1) is 23.1. The molecule has 0 aliphatic rings. The van der Waals surface area contributed by atoms with Gasteiger partial charge in [-0.3, -0.25) is 4.79 Å². The Hall–Kier alpha value is -4.66. The Morgan fingerprint density at radius 1 is 0.944 bits per heavy atom. The van der Waals surface area contributed by atoms with Gasteiger partial charge in [0.05, 0.1) is 5.52 Å². The number of carbonyl (C=O) groups is 1. The number of fused-ring (bicyclic) bond motifs is 2. The summed E-state index contributed by atoms with van der Waals surface area (Å²) in [5.41, 5.74) is 4.05. The maximum Gasteiger partial charge on any atom is 0.409 e. The van der Waals surface area contributed by atoms with E-state index in [4.69, 9.17) is 0 Å². The molecule has 0 spiro atoms. The molecule has 2 heterocycles. The number of nitrogens with zero attached hydrogens (tertiary/aromatic N) is 3.